The zero-order valence-electron chi connectivity index (χ0n) is 20.9. The smallest absolute Gasteiger partial charge is 0.234 e. The fraction of sp³-hybridized carbons (Fsp3) is 0.481. The van der Waals surface area contributed by atoms with Crippen molar-refractivity contribution in [3.8, 4) is 5.75 Å². The van der Waals surface area contributed by atoms with E-state index in [0.717, 1.165) is 52.0 Å². The van der Waals surface area contributed by atoms with Gasteiger partial charge in [-0.3, -0.25) is 14.5 Å². The van der Waals surface area contributed by atoms with Gasteiger partial charge in [-0.15, -0.1) is 0 Å². The van der Waals surface area contributed by atoms with Gasteiger partial charge >= 0.3 is 0 Å². The number of carbonyl (C=O) groups excluding carboxylic acids is 2. The van der Waals surface area contributed by atoms with E-state index in [0.29, 0.717) is 29.5 Å². The van der Waals surface area contributed by atoms with Crippen molar-refractivity contribution in [1.82, 2.24) is 15.1 Å². The highest BCUT2D eigenvalue weighted by Gasteiger charge is 2.20. The molecule has 1 saturated heterocycles. The Bertz CT molecular complexity index is 1000. The van der Waals surface area contributed by atoms with E-state index in [1.54, 1.807) is 36.4 Å². The Hall–Kier alpha value is -1.83. The summed E-state index contributed by atoms with van der Waals surface area (Å²) in [6.07, 6.45) is 3.05. The molecule has 1 N–H and O–H groups in total. The lowest BCUT2D eigenvalue weighted by Gasteiger charge is -2.34. The van der Waals surface area contributed by atoms with Crippen LogP contribution in [0.5, 0.6) is 5.75 Å². The standard InChI is InChI=1S/C27H34Cl3N3O3/c1-19(2)31-25(34)18-33-13-11-32(12-14-33)10-4-3-5-15-36-22-16-23(29)26(24(30)17-22)27(35)20-6-8-21(28)9-7-20/h6-9,16-17,19H,3-5,10-15,18H2,1-2H3,(H,31,34). The normalized spacial score (nSPS) is 14.7. The Labute approximate surface area is 228 Å². The molecular formula is C27H34Cl3N3O3. The van der Waals surface area contributed by atoms with E-state index in [9.17, 15) is 9.59 Å². The monoisotopic (exact) mass is 553 g/mol. The number of piperazine rings is 1. The first-order chi connectivity index (χ1) is 17.2. The van der Waals surface area contributed by atoms with Crippen molar-refractivity contribution in [2.24, 2.45) is 0 Å². The summed E-state index contributed by atoms with van der Waals surface area (Å²) >= 11 is 18.7. The molecule has 3 rings (SSSR count). The number of nitrogens with zero attached hydrogens (tertiary/aromatic N) is 2. The second-order valence-electron chi connectivity index (χ2n) is 9.35. The van der Waals surface area contributed by atoms with Crippen LogP contribution in [0.15, 0.2) is 36.4 Å². The van der Waals surface area contributed by atoms with Crippen LogP contribution in [0, 0.1) is 0 Å². The first kappa shape index (κ1) is 28.7. The van der Waals surface area contributed by atoms with E-state index in [1.807, 2.05) is 13.8 Å². The highest BCUT2D eigenvalue weighted by molar-refractivity contribution is 6.41. The molecule has 36 heavy (non-hydrogen) atoms. The number of rotatable bonds is 12. The molecule has 0 radical (unpaired) electrons. The van der Waals surface area contributed by atoms with Crippen LogP contribution in [0.25, 0.3) is 0 Å². The van der Waals surface area contributed by atoms with Gasteiger partial charge < -0.3 is 15.0 Å². The summed E-state index contributed by atoms with van der Waals surface area (Å²) in [6, 6.07) is 10.1. The number of hydrogen-bond acceptors (Lipinski definition) is 5. The Morgan fingerprint density at radius 3 is 2.14 bits per heavy atom. The van der Waals surface area contributed by atoms with Gasteiger partial charge in [-0.2, -0.15) is 0 Å². The fourth-order valence-corrected chi connectivity index (χ4v) is 4.91. The third kappa shape index (κ3) is 8.93. The molecule has 0 aliphatic carbocycles. The number of unbranched alkanes of at least 4 members (excludes halogenated alkanes) is 2. The maximum Gasteiger partial charge on any atom is 0.234 e. The van der Waals surface area contributed by atoms with Crippen LogP contribution < -0.4 is 10.1 Å². The van der Waals surface area contributed by atoms with Crippen LogP contribution in [0.1, 0.15) is 49.0 Å². The fourth-order valence-electron chi connectivity index (χ4n) is 4.14. The summed E-state index contributed by atoms with van der Waals surface area (Å²) < 4.78 is 5.84. The van der Waals surface area contributed by atoms with Gasteiger partial charge in [-0.25, -0.2) is 0 Å². The molecule has 0 spiro atoms. The quantitative estimate of drug-likeness (QED) is 0.275. The van der Waals surface area contributed by atoms with E-state index >= 15 is 0 Å². The molecule has 196 valence electrons. The minimum absolute atomic E-state index is 0.101. The predicted octanol–water partition coefficient (Wildman–Crippen LogP) is 5.57. The Balaban J connectivity index is 1.34. The molecule has 0 saturated carbocycles. The molecule has 0 unspecified atom stereocenters. The highest BCUT2D eigenvalue weighted by atomic mass is 35.5. The van der Waals surface area contributed by atoms with E-state index in [-0.39, 0.29) is 33.3 Å². The van der Waals surface area contributed by atoms with E-state index < -0.39 is 0 Å². The lowest BCUT2D eigenvalue weighted by molar-refractivity contribution is -0.123. The average molecular weight is 555 g/mol. The zero-order valence-corrected chi connectivity index (χ0v) is 23.1. The molecule has 0 bridgehead atoms. The second kappa shape index (κ2) is 14.2. The van der Waals surface area contributed by atoms with Gasteiger partial charge in [-0.1, -0.05) is 34.8 Å². The Morgan fingerprint density at radius 2 is 1.53 bits per heavy atom. The van der Waals surface area contributed by atoms with Crippen molar-refractivity contribution in [2.45, 2.75) is 39.2 Å². The Morgan fingerprint density at radius 1 is 0.917 bits per heavy atom. The molecule has 0 atom stereocenters. The molecule has 9 heteroatoms. The van der Waals surface area contributed by atoms with Crippen molar-refractivity contribution in [3.05, 3.63) is 62.6 Å². The third-order valence-electron chi connectivity index (χ3n) is 6.02. The second-order valence-corrected chi connectivity index (χ2v) is 10.6. The van der Waals surface area contributed by atoms with E-state index in [2.05, 4.69) is 15.1 Å². The molecule has 2 aromatic carbocycles. The third-order valence-corrected chi connectivity index (χ3v) is 6.87. The molecule has 2 aromatic rings. The van der Waals surface area contributed by atoms with Crippen LogP contribution in [-0.2, 0) is 4.79 Å². The summed E-state index contributed by atoms with van der Waals surface area (Å²) in [4.78, 5) is 29.4. The summed E-state index contributed by atoms with van der Waals surface area (Å²) in [5.41, 5.74) is 0.726. The summed E-state index contributed by atoms with van der Waals surface area (Å²) in [5, 5.41) is 4.03. The van der Waals surface area contributed by atoms with Crippen LogP contribution >= 0.6 is 34.8 Å². The average Bonchev–Trinajstić information content (AvgIpc) is 2.81. The van der Waals surface area contributed by atoms with Crippen molar-refractivity contribution in [2.75, 3.05) is 45.9 Å². The summed E-state index contributed by atoms with van der Waals surface area (Å²) in [5.74, 6) is 0.395. The lowest BCUT2D eigenvalue weighted by atomic mass is 10.0. The van der Waals surface area contributed by atoms with Crippen molar-refractivity contribution >= 4 is 46.5 Å². The topological polar surface area (TPSA) is 61.9 Å². The predicted molar refractivity (Wildman–Crippen MR) is 147 cm³/mol. The molecule has 1 aliphatic heterocycles. The summed E-state index contributed by atoms with van der Waals surface area (Å²) in [7, 11) is 0. The molecule has 0 aromatic heterocycles. The molecule has 6 nitrogen and oxygen atoms in total. The zero-order chi connectivity index (χ0) is 26.1. The van der Waals surface area contributed by atoms with Gasteiger partial charge in [0.15, 0.2) is 5.78 Å². The molecule has 1 heterocycles. The van der Waals surface area contributed by atoms with E-state index in [1.165, 1.54) is 0 Å². The minimum Gasteiger partial charge on any atom is -0.493 e. The van der Waals surface area contributed by atoms with Crippen LogP contribution in [-0.4, -0.2) is 73.4 Å². The van der Waals surface area contributed by atoms with Gasteiger partial charge in [0.25, 0.3) is 0 Å². The van der Waals surface area contributed by atoms with E-state index in [4.69, 9.17) is 39.5 Å². The molecule has 1 amide bonds. The lowest BCUT2D eigenvalue weighted by Crippen LogP contribution is -2.50. The van der Waals surface area contributed by atoms with Gasteiger partial charge in [0.05, 0.1) is 28.8 Å². The first-order valence-electron chi connectivity index (χ1n) is 12.4. The number of amides is 1. The minimum atomic E-state index is -0.257. The largest absolute Gasteiger partial charge is 0.493 e. The number of halogens is 3. The molecule has 1 aliphatic rings. The van der Waals surface area contributed by atoms with Gasteiger partial charge in [-0.05, 0) is 76.1 Å². The Kier molecular flexibility index (Phi) is 11.3. The van der Waals surface area contributed by atoms with Gasteiger partial charge in [0.2, 0.25) is 5.91 Å². The number of carbonyl (C=O) groups is 2. The van der Waals surface area contributed by atoms with Crippen molar-refractivity contribution in [1.29, 1.82) is 0 Å². The van der Waals surface area contributed by atoms with Crippen LogP contribution in [0.3, 0.4) is 0 Å². The summed E-state index contributed by atoms with van der Waals surface area (Å²) in [6.45, 7) is 9.86. The molecule has 1 fully saturated rings. The maximum absolute atomic E-state index is 12.8. The molecular weight excluding hydrogens is 521 g/mol. The highest BCUT2D eigenvalue weighted by Crippen LogP contribution is 2.32. The maximum atomic E-state index is 12.8. The number of benzene rings is 2. The number of hydrogen-bond donors (Lipinski definition) is 1. The van der Waals surface area contributed by atoms with Crippen molar-refractivity contribution in [3.63, 3.8) is 0 Å². The number of ether oxygens (including phenoxy) is 1. The number of nitrogens with one attached hydrogen (secondary N) is 1. The van der Waals surface area contributed by atoms with Crippen LogP contribution in [0.2, 0.25) is 15.1 Å². The van der Waals surface area contributed by atoms with Crippen molar-refractivity contribution < 1.29 is 14.3 Å². The SMILES string of the molecule is CC(C)NC(=O)CN1CCN(CCCCCOc2cc(Cl)c(C(=O)c3ccc(Cl)cc3)c(Cl)c2)CC1. The number of ketones is 1. The van der Waals surface area contributed by atoms with Gasteiger partial charge in [0, 0.05) is 42.8 Å². The van der Waals surface area contributed by atoms with Gasteiger partial charge in [0.1, 0.15) is 5.75 Å². The van der Waals surface area contributed by atoms with Crippen LogP contribution in [0.4, 0.5) is 0 Å². The first-order valence-corrected chi connectivity index (χ1v) is 13.5.